The Morgan fingerprint density at radius 1 is 1.56 bits per heavy atom. The lowest BCUT2D eigenvalue weighted by molar-refractivity contribution is -0.426. The van der Waals surface area contributed by atoms with Crippen LogP contribution in [-0.4, -0.2) is 17.2 Å². The Morgan fingerprint density at radius 2 is 2.28 bits per heavy atom. The third-order valence-corrected chi connectivity index (χ3v) is 3.51. The summed E-state index contributed by atoms with van der Waals surface area (Å²) in [5, 5.41) is 10.3. The van der Waals surface area contributed by atoms with Crippen molar-refractivity contribution in [2.24, 2.45) is 16.6 Å². The van der Waals surface area contributed by atoms with Crippen molar-refractivity contribution in [3.63, 3.8) is 0 Å². The highest BCUT2D eigenvalue weighted by molar-refractivity contribution is 5.71. The van der Waals surface area contributed by atoms with Crippen molar-refractivity contribution in [1.82, 2.24) is 0 Å². The number of aliphatic imine (C=N–C) groups is 1. The fourth-order valence-electron chi connectivity index (χ4n) is 2.14. The first-order chi connectivity index (χ1) is 8.63. The number of nitrogens with zero attached hydrogens (tertiary/aromatic N) is 2. The molecule has 1 aliphatic rings. The molecule has 0 radical (unpaired) electrons. The summed E-state index contributed by atoms with van der Waals surface area (Å²) in [6, 6.07) is 0.284. The van der Waals surface area contributed by atoms with Gasteiger partial charge in [-0.05, 0) is 30.1 Å². The number of nitro groups is 1. The van der Waals surface area contributed by atoms with Gasteiger partial charge in [0.15, 0.2) is 0 Å². The minimum atomic E-state index is -0.602. The molecule has 1 atom stereocenters. The van der Waals surface area contributed by atoms with E-state index in [0.29, 0.717) is 0 Å². The Hall–Kier alpha value is -1.39. The van der Waals surface area contributed by atoms with E-state index >= 15 is 0 Å². The van der Waals surface area contributed by atoms with Crippen LogP contribution in [0.1, 0.15) is 51.9 Å². The summed E-state index contributed by atoms with van der Waals surface area (Å²) < 4.78 is 0. The quantitative estimate of drug-likeness (QED) is 0.410. The molecule has 0 heterocycles. The van der Waals surface area contributed by atoms with Crippen molar-refractivity contribution in [2.75, 3.05) is 0 Å². The maximum Gasteiger partial charge on any atom is 0.315 e. The van der Waals surface area contributed by atoms with Gasteiger partial charge in [0.25, 0.3) is 0 Å². The largest absolute Gasteiger partial charge is 0.358 e. The van der Waals surface area contributed by atoms with Crippen LogP contribution in [-0.2, 0) is 0 Å². The molecule has 0 aromatic rings. The lowest BCUT2D eigenvalue weighted by atomic mass is 9.81. The van der Waals surface area contributed by atoms with E-state index in [2.05, 4.69) is 11.9 Å². The van der Waals surface area contributed by atoms with Crippen LogP contribution >= 0.6 is 0 Å². The zero-order chi connectivity index (χ0) is 13.4. The summed E-state index contributed by atoms with van der Waals surface area (Å²) >= 11 is 0. The number of hydrogen-bond acceptors (Lipinski definition) is 4. The molecule has 1 rings (SSSR count). The van der Waals surface area contributed by atoms with Crippen molar-refractivity contribution in [1.29, 1.82) is 0 Å². The molecule has 1 aliphatic carbocycles. The highest BCUT2D eigenvalue weighted by Crippen LogP contribution is 2.31. The first-order valence-corrected chi connectivity index (χ1v) is 6.76. The molecule has 18 heavy (non-hydrogen) atoms. The standard InChI is InChI=1S/C13H23N3O2/c1-2-4-12(8-7-11-5-3-6-11)15-10-9-13(14)16(17)18/h9-12H,2-8,14H2,1H3. The summed E-state index contributed by atoms with van der Waals surface area (Å²) in [7, 11) is 0. The van der Waals surface area contributed by atoms with Crippen LogP contribution < -0.4 is 5.73 Å². The molecule has 0 spiro atoms. The zero-order valence-electron chi connectivity index (χ0n) is 11.0. The smallest absolute Gasteiger partial charge is 0.315 e. The van der Waals surface area contributed by atoms with Crippen molar-refractivity contribution in [3.8, 4) is 0 Å². The van der Waals surface area contributed by atoms with Gasteiger partial charge in [0.2, 0.25) is 0 Å². The molecular formula is C13H23N3O2. The van der Waals surface area contributed by atoms with Gasteiger partial charge in [-0.25, -0.2) is 0 Å². The number of hydrogen-bond donors (Lipinski definition) is 1. The molecule has 0 amide bonds. The van der Waals surface area contributed by atoms with Gasteiger partial charge in [-0.2, -0.15) is 0 Å². The van der Waals surface area contributed by atoms with Gasteiger partial charge in [0, 0.05) is 18.3 Å². The second-order valence-electron chi connectivity index (χ2n) is 4.96. The van der Waals surface area contributed by atoms with Gasteiger partial charge < -0.3 is 10.1 Å². The van der Waals surface area contributed by atoms with E-state index in [1.165, 1.54) is 38.0 Å². The van der Waals surface area contributed by atoms with Crippen molar-refractivity contribution in [3.05, 3.63) is 22.0 Å². The summed E-state index contributed by atoms with van der Waals surface area (Å²) in [6.07, 6.45) is 11.3. The normalized spacial score (nSPS) is 18.8. The summed E-state index contributed by atoms with van der Waals surface area (Å²) in [4.78, 5) is 14.1. The van der Waals surface area contributed by atoms with Gasteiger partial charge in [0.05, 0.1) is 0 Å². The molecule has 0 aromatic carbocycles. The molecule has 2 N–H and O–H groups in total. The molecule has 102 valence electrons. The van der Waals surface area contributed by atoms with Gasteiger partial charge >= 0.3 is 5.82 Å². The molecule has 1 fully saturated rings. The zero-order valence-corrected chi connectivity index (χ0v) is 11.0. The molecule has 5 heteroatoms. The van der Waals surface area contributed by atoms with Crippen LogP contribution in [0, 0.1) is 16.0 Å². The van der Waals surface area contributed by atoms with E-state index in [4.69, 9.17) is 5.73 Å². The summed E-state index contributed by atoms with van der Waals surface area (Å²) in [5.41, 5.74) is 5.20. The Kier molecular flexibility index (Phi) is 6.39. The average Bonchev–Trinajstić information content (AvgIpc) is 2.26. The molecule has 1 saturated carbocycles. The second kappa shape index (κ2) is 7.84. The Labute approximate surface area is 108 Å². The van der Waals surface area contributed by atoms with Crippen molar-refractivity contribution >= 4 is 6.21 Å². The molecule has 0 aromatic heterocycles. The SMILES string of the molecule is CCCC(CCC1CCC1)N=CC=C(N)[N+](=O)[O-]. The van der Waals surface area contributed by atoms with Crippen LogP contribution in [0.5, 0.6) is 0 Å². The van der Waals surface area contributed by atoms with Gasteiger partial charge in [-0.1, -0.05) is 32.6 Å². The predicted octanol–water partition coefficient (Wildman–Crippen LogP) is 2.88. The molecule has 0 saturated heterocycles. The van der Waals surface area contributed by atoms with Gasteiger partial charge in [-0.15, -0.1) is 0 Å². The highest BCUT2D eigenvalue weighted by Gasteiger charge is 2.18. The van der Waals surface area contributed by atoms with Crippen LogP contribution in [0.15, 0.2) is 16.9 Å². The fraction of sp³-hybridized carbons (Fsp3) is 0.769. The Balaban J connectivity index is 2.37. The first-order valence-electron chi connectivity index (χ1n) is 6.76. The summed E-state index contributed by atoms with van der Waals surface area (Å²) in [5.74, 6) is 0.534. The van der Waals surface area contributed by atoms with Gasteiger partial charge in [-0.3, -0.25) is 10.7 Å². The Morgan fingerprint density at radius 3 is 2.78 bits per heavy atom. The predicted molar refractivity (Wildman–Crippen MR) is 73.0 cm³/mol. The maximum absolute atomic E-state index is 10.3. The molecule has 0 bridgehead atoms. The number of rotatable bonds is 8. The van der Waals surface area contributed by atoms with E-state index in [1.807, 2.05) is 0 Å². The third-order valence-electron chi connectivity index (χ3n) is 3.51. The minimum absolute atomic E-state index is 0.284. The molecular weight excluding hydrogens is 230 g/mol. The van der Waals surface area contributed by atoms with Crippen LogP contribution in [0.25, 0.3) is 0 Å². The van der Waals surface area contributed by atoms with E-state index in [1.54, 1.807) is 0 Å². The molecule has 1 unspecified atom stereocenters. The van der Waals surface area contributed by atoms with Crippen LogP contribution in [0.4, 0.5) is 0 Å². The molecule has 5 nitrogen and oxygen atoms in total. The lowest BCUT2D eigenvalue weighted by Crippen LogP contribution is -2.14. The van der Waals surface area contributed by atoms with Crippen LogP contribution in [0.2, 0.25) is 0 Å². The molecule has 0 aliphatic heterocycles. The van der Waals surface area contributed by atoms with E-state index in [9.17, 15) is 10.1 Å². The number of nitrogens with two attached hydrogens (primary N) is 1. The maximum atomic E-state index is 10.3. The van der Waals surface area contributed by atoms with E-state index < -0.39 is 4.92 Å². The van der Waals surface area contributed by atoms with Crippen molar-refractivity contribution < 1.29 is 4.92 Å². The van der Waals surface area contributed by atoms with Crippen LogP contribution in [0.3, 0.4) is 0 Å². The monoisotopic (exact) mass is 253 g/mol. The van der Waals surface area contributed by atoms with E-state index in [0.717, 1.165) is 25.2 Å². The average molecular weight is 253 g/mol. The van der Waals surface area contributed by atoms with Crippen molar-refractivity contribution in [2.45, 2.75) is 57.9 Å². The first kappa shape index (κ1) is 14.7. The highest BCUT2D eigenvalue weighted by atomic mass is 16.6. The third kappa shape index (κ3) is 5.29. The lowest BCUT2D eigenvalue weighted by Gasteiger charge is -2.26. The minimum Gasteiger partial charge on any atom is -0.358 e. The Bertz CT molecular complexity index is 322. The van der Waals surface area contributed by atoms with E-state index in [-0.39, 0.29) is 11.9 Å². The second-order valence-corrected chi connectivity index (χ2v) is 4.96. The summed E-state index contributed by atoms with van der Waals surface area (Å²) in [6.45, 7) is 2.13. The number of allylic oxidation sites excluding steroid dienone is 1. The fourth-order valence-corrected chi connectivity index (χ4v) is 2.14. The topological polar surface area (TPSA) is 81.5 Å². The van der Waals surface area contributed by atoms with Gasteiger partial charge in [0.1, 0.15) is 0 Å².